The fourth-order valence-electron chi connectivity index (χ4n) is 1.95. The Bertz CT molecular complexity index is 552. The number of rotatable bonds is 3. The van der Waals surface area contributed by atoms with E-state index >= 15 is 0 Å². The van der Waals surface area contributed by atoms with Crippen LogP contribution in [-0.4, -0.2) is 41.2 Å². The molecule has 1 aliphatic rings. The van der Waals surface area contributed by atoms with Crippen LogP contribution < -0.4 is 4.74 Å². The fraction of sp³-hybridized carbons (Fsp3) is 0.417. The molecule has 116 valence electrons. The summed E-state index contributed by atoms with van der Waals surface area (Å²) in [6, 6.07) is 2.24. The van der Waals surface area contributed by atoms with Gasteiger partial charge in [-0.15, -0.1) is 0 Å². The molecular weight excluding hydrogens is 301 g/mol. The van der Waals surface area contributed by atoms with Crippen molar-refractivity contribution in [2.24, 2.45) is 0 Å². The number of benzene rings is 1. The van der Waals surface area contributed by atoms with Crippen LogP contribution in [-0.2, 0) is 0 Å². The van der Waals surface area contributed by atoms with Crippen molar-refractivity contribution in [1.82, 2.24) is 4.90 Å². The van der Waals surface area contributed by atoms with Crippen LogP contribution in [0, 0.1) is 5.82 Å². The van der Waals surface area contributed by atoms with E-state index in [0.29, 0.717) is 17.0 Å². The minimum Gasteiger partial charge on any atom is -0.482 e. The summed E-state index contributed by atoms with van der Waals surface area (Å²) in [5, 5.41) is 8.67. The maximum Gasteiger partial charge on any atom is 0.407 e. The highest BCUT2D eigenvalue weighted by Crippen LogP contribution is 2.33. The lowest BCUT2D eigenvalue weighted by molar-refractivity contribution is -0.0616. The summed E-state index contributed by atoms with van der Waals surface area (Å²) in [5.41, 5.74) is -0.969. The Morgan fingerprint density at radius 1 is 1.43 bits per heavy atom. The van der Waals surface area contributed by atoms with Crippen LogP contribution in [0.4, 0.5) is 26.7 Å². The van der Waals surface area contributed by atoms with Crippen molar-refractivity contribution in [3.05, 3.63) is 29.6 Å². The second-order valence-corrected chi connectivity index (χ2v) is 4.51. The molecule has 1 saturated heterocycles. The molecule has 9 heteroatoms. The van der Waals surface area contributed by atoms with Gasteiger partial charge in [0, 0.05) is 0 Å². The van der Waals surface area contributed by atoms with Gasteiger partial charge in [0.05, 0.1) is 18.7 Å². The lowest BCUT2D eigenvalue weighted by atomic mass is 10.2. The quantitative estimate of drug-likeness (QED) is 0.873. The van der Waals surface area contributed by atoms with Gasteiger partial charge < -0.3 is 9.84 Å². The fourth-order valence-corrected chi connectivity index (χ4v) is 1.95. The summed E-state index contributed by atoms with van der Waals surface area (Å²) in [4.78, 5) is 11.1. The average molecular weight is 311 g/mol. The number of hydrogen-bond donors (Lipinski definition) is 1. The minimum absolute atomic E-state index is 0.372. The summed E-state index contributed by atoms with van der Waals surface area (Å²) < 4.78 is 70.2. The molecule has 0 aromatic heterocycles. The zero-order valence-electron chi connectivity index (χ0n) is 10.4. The van der Waals surface area contributed by atoms with Crippen LogP contribution in [0.3, 0.4) is 0 Å². The average Bonchev–Trinajstić information content (AvgIpc) is 2.67. The molecule has 1 aromatic rings. The van der Waals surface area contributed by atoms with E-state index in [4.69, 9.17) is 9.84 Å². The number of ether oxygens (including phenoxy) is 1. The van der Waals surface area contributed by atoms with Crippen molar-refractivity contribution in [2.75, 3.05) is 13.1 Å². The predicted octanol–water partition coefficient (Wildman–Crippen LogP) is 3.14. The monoisotopic (exact) mass is 311 g/mol. The SMILES string of the molecule is O=C(O)N1C[C@H](Oc2ccc(F)c(C(F)F)c2)C(F)(F)C1. The van der Waals surface area contributed by atoms with Gasteiger partial charge in [0.25, 0.3) is 6.43 Å². The van der Waals surface area contributed by atoms with Gasteiger partial charge >= 0.3 is 12.0 Å². The molecule has 1 aromatic carbocycles. The second kappa shape index (κ2) is 5.38. The van der Waals surface area contributed by atoms with Crippen LogP contribution in [0.15, 0.2) is 18.2 Å². The molecule has 0 bridgehead atoms. The van der Waals surface area contributed by atoms with Gasteiger partial charge in [-0.05, 0) is 18.2 Å². The van der Waals surface area contributed by atoms with Gasteiger partial charge in [-0.1, -0.05) is 0 Å². The molecule has 2 rings (SSSR count). The molecule has 1 N–H and O–H groups in total. The normalized spacial score (nSPS) is 20.9. The molecule has 0 aliphatic carbocycles. The number of halogens is 5. The Hall–Kier alpha value is -2.06. The van der Waals surface area contributed by atoms with Crippen molar-refractivity contribution in [1.29, 1.82) is 0 Å². The van der Waals surface area contributed by atoms with Crippen molar-refractivity contribution < 1.29 is 36.6 Å². The predicted molar refractivity (Wildman–Crippen MR) is 60.3 cm³/mol. The van der Waals surface area contributed by atoms with E-state index in [0.717, 1.165) is 6.07 Å². The number of carbonyl (C=O) groups is 1. The third-order valence-corrected chi connectivity index (χ3v) is 3.01. The van der Waals surface area contributed by atoms with Crippen LogP contribution in [0.25, 0.3) is 0 Å². The molecule has 4 nitrogen and oxygen atoms in total. The number of amides is 1. The van der Waals surface area contributed by atoms with E-state index in [9.17, 15) is 26.7 Å². The minimum atomic E-state index is -3.46. The molecule has 1 fully saturated rings. The molecule has 0 spiro atoms. The maximum absolute atomic E-state index is 13.6. The lowest BCUT2D eigenvalue weighted by Crippen LogP contribution is -2.36. The Balaban J connectivity index is 2.18. The maximum atomic E-state index is 13.6. The third kappa shape index (κ3) is 3.17. The van der Waals surface area contributed by atoms with Gasteiger partial charge in [0.15, 0.2) is 6.10 Å². The van der Waals surface area contributed by atoms with Crippen LogP contribution in [0.2, 0.25) is 0 Å². The number of likely N-dealkylation sites (tertiary alicyclic amines) is 1. The molecule has 0 saturated carbocycles. The first-order valence-electron chi connectivity index (χ1n) is 5.80. The lowest BCUT2D eigenvalue weighted by Gasteiger charge is -2.19. The largest absolute Gasteiger partial charge is 0.482 e. The van der Waals surface area contributed by atoms with E-state index in [1.165, 1.54) is 0 Å². The number of carboxylic acid groups (broad SMARTS) is 1. The second-order valence-electron chi connectivity index (χ2n) is 4.51. The van der Waals surface area contributed by atoms with E-state index in [1.807, 2.05) is 0 Å². The highest BCUT2D eigenvalue weighted by Gasteiger charge is 2.51. The Kier molecular flexibility index (Phi) is 3.93. The zero-order valence-corrected chi connectivity index (χ0v) is 10.4. The van der Waals surface area contributed by atoms with Crippen molar-refractivity contribution in [3.63, 3.8) is 0 Å². The summed E-state index contributed by atoms with van der Waals surface area (Å²) in [7, 11) is 0. The summed E-state index contributed by atoms with van der Waals surface area (Å²) in [6.45, 7) is -1.65. The van der Waals surface area contributed by atoms with Crippen molar-refractivity contribution in [3.8, 4) is 5.75 Å². The number of nitrogens with zero attached hydrogens (tertiary/aromatic N) is 1. The van der Waals surface area contributed by atoms with E-state index in [-0.39, 0.29) is 5.75 Å². The smallest absolute Gasteiger partial charge is 0.407 e. The highest BCUT2D eigenvalue weighted by atomic mass is 19.3. The highest BCUT2D eigenvalue weighted by molar-refractivity contribution is 5.65. The van der Waals surface area contributed by atoms with Gasteiger partial charge in [-0.3, -0.25) is 4.90 Å². The molecule has 1 amide bonds. The summed E-state index contributed by atoms with van der Waals surface area (Å²) in [5.74, 6) is -5.01. The molecule has 1 atom stereocenters. The zero-order chi connectivity index (χ0) is 15.8. The molecular formula is C12H10F5NO3. The van der Waals surface area contributed by atoms with E-state index in [1.54, 1.807) is 0 Å². The number of alkyl halides is 4. The first-order valence-corrected chi connectivity index (χ1v) is 5.80. The van der Waals surface area contributed by atoms with Crippen LogP contribution >= 0.6 is 0 Å². The van der Waals surface area contributed by atoms with E-state index < -0.39 is 49.0 Å². The van der Waals surface area contributed by atoms with Gasteiger partial charge in [0.2, 0.25) is 0 Å². The van der Waals surface area contributed by atoms with Gasteiger partial charge in [-0.2, -0.15) is 0 Å². The molecule has 0 unspecified atom stereocenters. The number of hydrogen-bond acceptors (Lipinski definition) is 2. The Morgan fingerprint density at radius 2 is 2.10 bits per heavy atom. The molecule has 0 radical (unpaired) electrons. The van der Waals surface area contributed by atoms with Crippen molar-refractivity contribution >= 4 is 6.09 Å². The summed E-state index contributed by atoms with van der Waals surface area (Å²) in [6.07, 6.45) is -6.47. The van der Waals surface area contributed by atoms with Crippen LogP contribution in [0.1, 0.15) is 12.0 Å². The summed E-state index contributed by atoms with van der Waals surface area (Å²) >= 11 is 0. The first kappa shape index (κ1) is 15.3. The van der Waals surface area contributed by atoms with Gasteiger partial charge in [0.1, 0.15) is 11.6 Å². The topological polar surface area (TPSA) is 49.8 Å². The van der Waals surface area contributed by atoms with Gasteiger partial charge in [-0.25, -0.2) is 26.7 Å². The Morgan fingerprint density at radius 3 is 2.62 bits per heavy atom. The first-order chi connectivity index (χ1) is 9.70. The standard InChI is InChI=1S/C12H10F5NO3/c13-8-2-1-6(3-7(8)10(14)15)21-9-4-18(11(19)20)5-12(9,16)17/h1-3,9-10H,4-5H2,(H,19,20)/t9-/m0/s1. The van der Waals surface area contributed by atoms with Crippen LogP contribution in [0.5, 0.6) is 5.75 Å². The Labute approximate surface area is 115 Å². The molecule has 21 heavy (non-hydrogen) atoms. The van der Waals surface area contributed by atoms with Crippen molar-refractivity contribution in [2.45, 2.75) is 18.5 Å². The molecule has 1 aliphatic heterocycles. The third-order valence-electron chi connectivity index (χ3n) is 3.01. The van der Waals surface area contributed by atoms with E-state index in [2.05, 4.69) is 0 Å². The molecule has 1 heterocycles.